The number of imide groups is 1. The van der Waals surface area contributed by atoms with Gasteiger partial charge >= 0.3 is 0 Å². The third kappa shape index (κ3) is 2.93. The summed E-state index contributed by atoms with van der Waals surface area (Å²) in [5.41, 5.74) is 1.62. The Morgan fingerprint density at radius 1 is 1.36 bits per heavy atom. The quantitative estimate of drug-likeness (QED) is 0.821. The molecule has 1 unspecified atom stereocenters. The number of carbonyl (C=O) groups excluding carboxylic acids is 2. The Kier molecular flexibility index (Phi) is 3.83. The van der Waals surface area contributed by atoms with E-state index in [1.807, 2.05) is 25.2 Å². The molecule has 0 aliphatic carbocycles. The van der Waals surface area contributed by atoms with Gasteiger partial charge < -0.3 is 5.32 Å². The Morgan fingerprint density at radius 2 is 2.16 bits per heavy atom. The molecule has 2 amide bonds. The maximum Gasteiger partial charge on any atom is 0.235 e. The number of benzene rings is 1. The zero-order valence-electron chi connectivity index (χ0n) is 14.1. The van der Waals surface area contributed by atoms with Crippen LogP contribution in [0.2, 0.25) is 0 Å². The Labute approximate surface area is 144 Å². The summed E-state index contributed by atoms with van der Waals surface area (Å²) >= 11 is 0. The van der Waals surface area contributed by atoms with Crippen LogP contribution in [0.5, 0.6) is 0 Å². The van der Waals surface area contributed by atoms with E-state index < -0.39 is 11.6 Å². The van der Waals surface area contributed by atoms with E-state index in [0.717, 1.165) is 16.5 Å². The number of nitrogens with zero attached hydrogens (tertiary/aromatic N) is 2. The molecule has 1 aromatic carbocycles. The monoisotopic (exact) mass is 344 g/mol. The lowest BCUT2D eigenvalue weighted by atomic mass is 9.90. The molecule has 1 aromatic heterocycles. The maximum atomic E-state index is 14.2. The number of alkyl halides is 1. The number of aryl methyl sites for hydroxylation is 2. The van der Waals surface area contributed by atoms with Crippen LogP contribution in [0.3, 0.4) is 0 Å². The minimum absolute atomic E-state index is 0.227. The molecule has 2 fully saturated rings. The van der Waals surface area contributed by atoms with Crippen LogP contribution < -0.4 is 10.6 Å². The SMILES string of the molecule is Cn1nc(C2CCC(=O)NC2=O)c2ccc(CCC3(F)CNC3)cc21. The van der Waals surface area contributed by atoms with Gasteiger partial charge in [0.25, 0.3) is 0 Å². The van der Waals surface area contributed by atoms with Crippen LogP contribution in [0, 0.1) is 0 Å². The zero-order valence-corrected chi connectivity index (χ0v) is 14.1. The average Bonchev–Trinajstić information content (AvgIpc) is 2.88. The maximum absolute atomic E-state index is 14.2. The molecule has 3 heterocycles. The molecule has 2 aliphatic heterocycles. The van der Waals surface area contributed by atoms with Gasteiger partial charge in [-0.2, -0.15) is 5.10 Å². The van der Waals surface area contributed by atoms with E-state index >= 15 is 0 Å². The summed E-state index contributed by atoms with van der Waals surface area (Å²) in [5, 5.41) is 10.8. The molecule has 2 saturated heterocycles. The van der Waals surface area contributed by atoms with Crippen LogP contribution >= 0.6 is 0 Å². The lowest BCUT2D eigenvalue weighted by Gasteiger charge is -2.35. The minimum Gasteiger partial charge on any atom is -0.310 e. The summed E-state index contributed by atoms with van der Waals surface area (Å²) in [4.78, 5) is 23.5. The van der Waals surface area contributed by atoms with Crippen molar-refractivity contribution in [3.63, 3.8) is 0 Å². The highest BCUT2D eigenvalue weighted by atomic mass is 19.1. The number of halogens is 1. The fourth-order valence-electron chi connectivity index (χ4n) is 3.64. The van der Waals surface area contributed by atoms with Crippen LogP contribution in [0.15, 0.2) is 18.2 Å². The van der Waals surface area contributed by atoms with Crippen molar-refractivity contribution in [1.82, 2.24) is 20.4 Å². The topological polar surface area (TPSA) is 76.0 Å². The molecule has 132 valence electrons. The molecule has 1 atom stereocenters. The molecule has 0 bridgehead atoms. The summed E-state index contributed by atoms with van der Waals surface area (Å²) in [6.45, 7) is 0.862. The highest BCUT2D eigenvalue weighted by Crippen LogP contribution is 2.31. The third-order valence-electron chi connectivity index (χ3n) is 5.26. The summed E-state index contributed by atoms with van der Waals surface area (Å²) in [6.07, 6.45) is 1.99. The van der Waals surface area contributed by atoms with E-state index in [9.17, 15) is 14.0 Å². The molecule has 4 rings (SSSR count). The second kappa shape index (κ2) is 5.91. The number of nitrogens with one attached hydrogen (secondary N) is 2. The van der Waals surface area contributed by atoms with Crippen molar-refractivity contribution in [1.29, 1.82) is 0 Å². The predicted octanol–water partition coefficient (Wildman–Crippen LogP) is 1.34. The summed E-state index contributed by atoms with van der Waals surface area (Å²) in [5.74, 6) is -0.908. The largest absolute Gasteiger partial charge is 0.310 e. The van der Waals surface area contributed by atoms with E-state index in [2.05, 4.69) is 15.7 Å². The Hall–Kier alpha value is -2.28. The first-order valence-corrected chi connectivity index (χ1v) is 8.64. The van der Waals surface area contributed by atoms with Gasteiger partial charge in [-0.3, -0.25) is 19.6 Å². The molecule has 2 aromatic rings. The third-order valence-corrected chi connectivity index (χ3v) is 5.26. The standard InChI is InChI=1S/C18H21FN4O2/c1-23-14-8-11(6-7-18(19)9-20-10-18)2-3-12(14)16(22-23)13-4-5-15(24)21-17(13)25/h2-3,8,13,20H,4-7,9-10H2,1H3,(H,21,24,25). The van der Waals surface area contributed by atoms with Gasteiger partial charge in [0.2, 0.25) is 11.8 Å². The first kappa shape index (κ1) is 16.2. The van der Waals surface area contributed by atoms with Crippen LogP contribution in [-0.4, -0.2) is 40.4 Å². The summed E-state index contributed by atoms with van der Waals surface area (Å²) in [6, 6.07) is 5.96. The molecule has 0 spiro atoms. The highest BCUT2D eigenvalue weighted by Gasteiger charge is 2.36. The first-order valence-electron chi connectivity index (χ1n) is 8.64. The Bertz CT molecular complexity index is 856. The normalized spacial score (nSPS) is 22.7. The number of amides is 2. The fraction of sp³-hybridized carbons (Fsp3) is 0.500. The van der Waals surface area contributed by atoms with E-state index in [-0.39, 0.29) is 11.8 Å². The average molecular weight is 344 g/mol. The van der Waals surface area contributed by atoms with E-state index in [0.29, 0.717) is 44.5 Å². The molecule has 0 saturated carbocycles. The number of hydrogen-bond acceptors (Lipinski definition) is 4. The van der Waals surface area contributed by atoms with Crippen molar-refractivity contribution in [2.75, 3.05) is 13.1 Å². The Balaban J connectivity index is 1.60. The molecule has 2 aliphatic rings. The lowest BCUT2D eigenvalue weighted by Crippen LogP contribution is -2.56. The van der Waals surface area contributed by atoms with Crippen molar-refractivity contribution < 1.29 is 14.0 Å². The molecule has 0 radical (unpaired) electrons. The number of piperidine rings is 1. The number of aromatic nitrogens is 2. The van der Waals surface area contributed by atoms with Crippen molar-refractivity contribution in [3.8, 4) is 0 Å². The van der Waals surface area contributed by atoms with Gasteiger partial charge in [0.15, 0.2) is 0 Å². The molecule has 6 nitrogen and oxygen atoms in total. The Morgan fingerprint density at radius 3 is 2.84 bits per heavy atom. The van der Waals surface area contributed by atoms with Gasteiger partial charge in [-0.05, 0) is 30.9 Å². The second-order valence-electron chi connectivity index (χ2n) is 7.12. The van der Waals surface area contributed by atoms with Crippen molar-refractivity contribution in [2.24, 2.45) is 7.05 Å². The van der Waals surface area contributed by atoms with E-state index in [1.54, 1.807) is 4.68 Å². The van der Waals surface area contributed by atoms with Crippen LogP contribution in [0.25, 0.3) is 10.9 Å². The summed E-state index contributed by atoms with van der Waals surface area (Å²) in [7, 11) is 1.84. The fourth-order valence-corrected chi connectivity index (χ4v) is 3.64. The number of rotatable bonds is 4. The van der Waals surface area contributed by atoms with Gasteiger partial charge in [0.1, 0.15) is 5.67 Å². The van der Waals surface area contributed by atoms with Crippen LogP contribution in [0.1, 0.15) is 36.4 Å². The number of carbonyl (C=O) groups is 2. The highest BCUT2D eigenvalue weighted by molar-refractivity contribution is 6.02. The van der Waals surface area contributed by atoms with Crippen molar-refractivity contribution >= 4 is 22.7 Å². The molecular weight excluding hydrogens is 323 g/mol. The molecule has 25 heavy (non-hydrogen) atoms. The zero-order chi connectivity index (χ0) is 17.6. The van der Waals surface area contributed by atoms with Gasteiger partial charge in [0.05, 0.1) is 17.1 Å². The van der Waals surface area contributed by atoms with Gasteiger partial charge in [-0.15, -0.1) is 0 Å². The lowest BCUT2D eigenvalue weighted by molar-refractivity contribution is -0.134. The van der Waals surface area contributed by atoms with Gasteiger partial charge in [-0.25, -0.2) is 4.39 Å². The number of hydrogen-bond donors (Lipinski definition) is 2. The van der Waals surface area contributed by atoms with E-state index in [1.165, 1.54) is 0 Å². The van der Waals surface area contributed by atoms with Gasteiger partial charge in [-0.1, -0.05) is 12.1 Å². The smallest absolute Gasteiger partial charge is 0.235 e. The summed E-state index contributed by atoms with van der Waals surface area (Å²) < 4.78 is 15.9. The predicted molar refractivity (Wildman–Crippen MR) is 90.9 cm³/mol. The van der Waals surface area contributed by atoms with Crippen LogP contribution in [0.4, 0.5) is 4.39 Å². The van der Waals surface area contributed by atoms with Crippen molar-refractivity contribution in [2.45, 2.75) is 37.3 Å². The molecular formula is C18H21FN4O2. The molecule has 2 N–H and O–H groups in total. The molecule has 7 heteroatoms. The second-order valence-corrected chi connectivity index (χ2v) is 7.12. The number of fused-ring (bicyclic) bond motifs is 1. The van der Waals surface area contributed by atoms with E-state index in [4.69, 9.17) is 0 Å². The van der Waals surface area contributed by atoms with Crippen LogP contribution in [-0.2, 0) is 23.1 Å². The van der Waals surface area contributed by atoms with Gasteiger partial charge in [0, 0.05) is 31.9 Å². The van der Waals surface area contributed by atoms with Crippen molar-refractivity contribution in [3.05, 3.63) is 29.5 Å². The minimum atomic E-state index is -1.08. The first-order chi connectivity index (χ1) is 12.0.